The fourth-order valence-corrected chi connectivity index (χ4v) is 3.71. The van der Waals surface area contributed by atoms with E-state index in [2.05, 4.69) is 59.1 Å². The standard InChI is InChI=1S/C23H30N4O2/c1-25(2)17-20-8-3-4-9-21(20)18-26-13-15-27(16-14-26)22-10-6-5-7-19(22)11-12-23(28)24-29/h3-12,29H,13-18H2,1-2H3,(H,24,28)/b12-11+. The first-order chi connectivity index (χ1) is 14.1. The third-order valence-electron chi connectivity index (χ3n) is 5.17. The van der Waals surface area contributed by atoms with Crippen LogP contribution in [-0.2, 0) is 17.9 Å². The van der Waals surface area contributed by atoms with Gasteiger partial charge < -0.3 is 9.80 Å². The second-order valence-electron chi connectivity index (χ2n) is 7.64. The van der Waals surface area contributed by atoms with Crippen molar-refractivity contribution in [1.82, 2.24) is 15.3 Å². The highest BCUT2D eigenvalue weighted by atomic mass is 16.5. The average molecular weight is 395 g/mol. The van der Waals surface area contributed by atoms with Gasteiger partial charge in [0.2, 0.25) is 0 Å². The molecule has 0 aromatic heterocycles. The van der Waals surface area contributed by atoms with Crippen LogP contribution >= 0.6 is 0 Å². The van der Waals surface area contributed by atoms with Gasteiger partial charge in [-0.1, -0.05) is 42.5 Å². The van der Waals surface area contributed by atoms with Crippen LogP contribution in [0.4, 0.5) is 5.69 Å². The minimum atomic E-state index is -0.527. The number of piperazine rings is 1. The van der Waals surface area contributed by atoms with Gasteiger partial charge in [-0.3, -0.25) is 14.9 Å². The first-order valence-electron chi connectivity index (χ1n) is 9.97. The van der Waals surface area contributed by atoms with Crippen LogP contribution in [0.25, 0.3) is 6.08 Å². The summed E-state index contributed by atoms with van der Waals surface area (Å²) in [5.74, 6) is -0.527. The average Bonchev–Trinajstić information content (AvgIpc) is 2.74. The Morgan fingerprint density at radius 2 is 1.69 bits per heavy atom. The molecule has 1 aliphatic heterocycles. The van der Waals surface area contributed by atoms with E-state index in [0.717, 1.165) is 50.5 Å². The van der Waals surface area contributed by atoms with Crippen molar-refractivity contribution in [2.75, 3.05) is 45.2 Å². The number of carbonyl (C=O) groups is 1. The molecule has 0 unspecified atom stereocenters. The maximum absolute atomic E-state index is 11.3. The Hall–Kier alpha value is -2.67. The summed E-state index contributed by atoms with van der Waals surface area (Å²) in [5, 5.41) is 8.68. The van der Waals surface area contributed by atoms with Crippen LogP contribution in [0, 0.1) is 0 Å². The normalized spacial score (nSPS) is 15.2. The molecule has 1 aliphatic rings. The SMILES string of the molecule is CN(C)Cc1ccccc1CN1CCN(c2ccccc2/C=C/C(=O)NO)CC1. The molecule has 6 nitrogen and oxygen atoms in total. The molecule has 0 aliphatic carbocycles. The summed E-state index contributed by atoms with van der Waals surface area (Å²) in [6, 6.07) is 16.7. The zero-order valence-corrected chi connectivity index (χ0v) is 17.2. The topological polar surface area (TPSA) is 59.0 Å². The highest BCUT2D eigenvalue weighted by Crippen LogP contribution is 2.24. The van der Waals surface area contributed by atoms with Crippen LogP contribution in [0.15, 0.2) is 54.6 Å². The highest BCUT2D eigenvalue weighted by molar-refractivity contribution is 5.91. The molecule has 0 spiro atoms. The zero-order valence-electron chi connectivity index (χ0n) is 17.2. The summed E-state index contributed by atoms with van der Waals surface area (Å²) in [7, 11) is 4.21. The first-order valence-corrected chi connectivity index (χ1v) is 9.97. The van der Waals surface area contributed by atoms with Crippen molar-refractivity contribution in [2.24, 2.45) is 0 Å². The van der Waals surface area contributed by atoms with Gasteiger partial charge in [0.05, 0.1) is 0 Å². The van der Waals surface area contributed by atoms with E-state index in [4.69, 9.17) is 5.21 Å². The highest BCUT2D eigenvalue weighted by Gasteiger charge is 2.19. The predicted octanol–water partition coefficient (Wildman–Crippen LogP) is 2.59. The molecular weight excluding hydrogens is 364 g/mol. The summed E-state index contributed by atoms with van der Waals surface area (Å²) in [5.41, 5.74) is 6.50. The molecule has 1 amide bonds. The van der Waals surface area contributed by atoms with Gasteiger partial charge in [0.15, 0.2) is 0 Å². The van der Waals surface area contributed by atoms with E-state index in [9.17, 15) is 4.79 Å². The number of carbonyl (C=O) groups excluding carboxylic acids is 1. The molecule has 0 bridgehead atoms. The Morgan fingerprint density at radius 3 is 2.38 bits per heavy atom. The van der Waals surface area contributed by atoms with E-state index in [1.807, 2.05) is 18.2 Å². The number of amides is 1. The Balaban J connectivity index is 1.63. The predicted molar refractivity (Wildman–Crippen MR) is 117 cm³/mol. The third kappa shape index (κ3) is 5.90. The van der Waals surface area contributed by atoms with Crippen molar-refractivity contribution in [3.63, 3.8) is 0 Å². The van der Waals surface area contributed by atoms with Crippen molar-refractivity contribution in [3.05, 3.63) is 71.3 Å². The number of nitrogens with one attached hydrogen (secondary N) is 1. The molecule has 1 fully saturated rings. The molecule has 29 heavy (non-hydrogen) atoms. The van der Waals surface area contributed by atoms with E-state index in [1.165, 1.54) is 17.2 Å². The lowest BCUT2D eigenvalue weighted by molar-refractivity contribution is -0.124. The summed E-state index contributed by atoms with van der Waals surface area (Å²) < 4.78 is 0. The molecule has 0 atom stereocenters. The van der Waals surface area contributed by atoms with Gasteiger partial charge in [0.25, 0.3) is 5.91 Å². The monoisotopic (exact) mass is 394 g/mol. The van der Waals surface area contributed by atoms with Crippen LogP contribution in [0.3, 0.4) is 0 Å². The fraction of sp³-hybridized carbons (Fsp3) is 0.348. The quantitative estimate of drug-likeness (QED) is 0.429. The number of anilines is 1. The largest absolute Gasteiger partial charge is 0.368 e. The molecule has 2 aromatic carbocycles. The minimum absolute atomic E-state index is 0.527. The van der Waals surface area contributed by atoms with Crippen molar-refractivity contribution >= 4 is 17.7 Å². The van der Waals surface area contributed by atoms with E-state index in [-0.39, 0.29) is 0 Å². The number of benzene rings is 2. The Morgan fingerprint density at radius 1 is 1.03 bits per heavy atom. The van der Waals surface area contributed by atoms with Crippen LogP contribution in [-0.4, -0.2) is 61.2 Å². The smallest absolute Gasteiger partial charge is 0.267 e. The number of para-hydroxylation sites is 1. The molecule has 1 heterocycles. The van der Waals surface area contributed by atoms with Crippen LogP contribution < -0.4 is 10.4 Å². The number of hydrogen-bond acceptors (Lipinski definition) is 5. The molecule has 0 radical (unpaired) electrons. The van der Waals surface area contributed by atoms with Crippen LogP contribution in [0.5, 0.6) is 0 Å². The molecular formula is C23H30N4O2. The number of rotatable bonds is 7. The maximum atomic E-state index is 11.3. The molecule has 0 saturated carbocycles. The van der Waals surface area contributed by atoms with Gasteiger partial charge in [-0.15, -0.1) is 0 Å². The van der Waals surface area contributed by atoms with E-state index in [0.29, 0.717) is 0 Å². The van der Waals surface area contributed by atoms with Gasteiger partial charge >= 0.3 is 0 Å². The number of hydrogen-bond donors (Lipinski definition) is 2. The van der Waals surface area contributed by atoms with Crippen molar-refractivity contribution in [2.45, 2.75) is 13.1 Å². The van der Waals surface area contributed by atoms with Crippen molar-refractivity contribution in [3.8, 4) is 0 Å². The second kappa shape index (κ2) is 10.2. The second-order valence-corrected chi connectivity index (χ2v) is 7.64. The lowest BCUT2D eigenvalue weighted by Gasteiger charge is -2.37. The van der Waals surface area contributed by atoms with Crippen LogP contribution in [0.2, 0.25) is 0 Å². The molecule has 2 aromatic rings. The third-order valence-corrected chi connectivity index (χ3v) is 5.17. The van der Waals surface area contributed by atoms with Gasteiger partial charge in [-0.05, 0) is 42.9 Å². The first kappa shape index (κ1) is 21.0. The van der Waals surface area contributed by atoms with Gasteiger partial charge in [-0.2, -0.15) is 0 Å². The fourth-order valence-electron chi connectivity index (χ4n) is 3.71. The summed E-state index contributed by atoms with van der Waals surface area (Å²) >= 11 is 0. The van der Waals surface area contributed by atoms with Crippen molar-refractivity contribution < 1.29 is 10.0 Å². The summed E-state index contributed by atoms with van der Waals surface area (Å²) in [6.45, 7) is 5.78. The maximum Gasteiger partial charge on any atom is 0.267 e. The Labute approximate surface area is 173 Å². The van der Waals surface area contributed by atoms with Gasteiger partial charge in [-0.25, -0.2) is 5.48 Å². The molecule has 1 saturated heterocycles. The number of nitrogens with zero attached hydrogens (tertiary/aromatic N) is 3. The van der Waals surface area contributed by atoms with Crippen molar-refractivity contribution in [1.29, 1.82) is 0 Å². The Kier molecular flexibility index (Phi) is 7.41. The molecule has 154 valence electrons. The lowest BCUT2D eigenvalue weighted by Crippen LogP contribution is -2.46. The Bertz CT molecular complexity index is 842. The minimum Gasteiger partial charge on any atom is -0.368 e. The van der Waals surface area contributed by atoms with Gasteiger partial charge in [0.1, 0.15) is 0 Å². The van der Waals surface area contributed by atoms with Crippen LogP contribution in [0.1, 0.15) is 16.7 Å². The molecule has 2 N–H and O–H groups in total. The van der Waals surface area contributed by atoms with Gasteiger partial charge in [0, 0.05) is 51.0 Å². The molecule has 6 heteroatoms. The van der Waals surface area contributed by atoms with E-state index >= 15 is 0 Å². The van der Waals surface area contributed by atoms with E-state index in [1.54, 1.807) is 11.6 Å². The summed E-state index contributed by atoms with van der Waals surface area (Å²) in [6.07, 6.45) is 3.08. The van der Waals surface area contributed by atoms with E-state index < -0.39 is 5.91 Å². The zero-order chi connectivity index (χ0) is 20.6. The summed E-state index contributed by atoms with van der Waals surface area (Å²) in [4.78, 5) is 18.4. The number of hydroxylamine groups is 1. The molecule has 3 rings (SSSR count). The lowest BCUT2D eigenvalue weighted by atomic mass is 10.1.